The van der Waals surface area contributed by atoms with Crippen molar-refractivity contribution in [2.45, 2.75) is 142 Å². The summed E-state index contributed by atoms with van der Waals surface area (Å²) in [4.78, 5) is 118. The highest BCUT2D eigenvalue weighted by molar-refractivity contribution is 5.97. The van der Waals surface area contributed by atoms with Gasteiger partial charge in [0.15, 0.2) is 0 Å². The molecule has 0 radical (unpaired) electrons. The molecule has 7 amide bonds. The summed E-state index contributed by atoms with van der Waals surface area (Å²) in [6.45, 7) is 9.53. The maximum absolute atomic E-state index is 14.0. The number of benzene rings is 1. The first-order chi connectivity index (χ1) is 30.2. The van der Waals surface area contributed by atoms with Crippen LogP contribution >= 0.6 is 0 Å². The van der Waals surface area contributed by atoms with Gasteiger partial charge in [-0.1, -0.05) is 84.7 Å². The molecule has 360 valence electrons. The summed E-state index contributed by atoms with van der Waals surface area (Å²) >= 11 is 0. The number of aliphatic carboxylic acids is 2. The third kappa shape index (κ3) is 20.7. The quantitative estimate of drug-likeness (QED) is 0.0389. The number of carboxylic acids is 2. The predicted molar refractivity (Wildman–Crippen MR) is 236 cm³/mol. The lowest BCUT2D eigenvalue weighted by Gasteiger charge is -2.29. The number of aliphatic hydroxyl groups excluding tert-OH is 1. The normalized spacial score (nSPS) is 15.3. The van der Waals surface area contributed by atoms with Gasteiger partial charge in [0, 0.05) is 12.8 Å². The maximum Gasteiger partial charge on any atom is 0.326 e. The van der Waals surface area contributed by atoms with Crippen LogP contribution in [0.5, 0.6) is 0 Å². The van der Waals surface area contributed by atoms with Crippen LogP contribution in [0.4, 0.5) is 0 Å². The first kappa shape index (κ1) is 56.3. The number of unbranched alkanes of at least 4 members (excludes halogenated alkanes) is 1. The van der Waals surface area contributed by atoms with E-state index in [1.807, 2.05) is 0 Å². The number of rotatable bonds is 31. The van der Waals surface area contributed by atoms with E-state index in [0.717, 1.165) is 0 Å². The zero-order valence-corrected chi connectivity index (χ0v) is 37.8. The molecule has 0 saturated carbocycles. The Morgan fingerprint density at radius 3 is 1.64 bits per heavy atom. The number of amides is 7. The fourth-order valence-corrected chi connectivity index (χ4v) is 6.38. The summed E-state index contributed by atoms with van der Waals surface area (Å²) in [5.41, 5.74) is 11.9. The molecule has 0 aliphatic heterocycles. The van der Waals surface area contributed by atoms with E-state index in [0.29, 0.717) is 31.2 Å². The first-order valence-corrected chi connectivity index (χ1v) is 21.8. The SMILES string of the molecule is CCC(C)C(NC(=O)C(N)CO)C(=O)NC(C(=O)NCC(=O)NC(Cc1ccccc1)C(=O)NC(CCC(=O)O)C(=O)NC(CCCCN)C(=O)NC(CC(C)C)C(=O)O)C(C)CC. The number of carbonyl (C=O) groups is 9. The van der Waals surface area contributed by atoms with Crippen LogP contribution in [0.25, 0.3) is 0 Å². The molecule has 0 fully saturated rings. The molecule has 0 spiro atoms. The van der Waals surface area contributed by atoms with Gasteiger partial charge in [-0.15, -0.1) is 0 Å². The van der Waals surface area contributed by atoms with E-state index in [1.165, 1.54) is 0 Å². The van der Waals surface area contributed by atoms with Crippen molar-refractivity contribution >= 4 is 53.3 Å². The van der Waals surface area contributed by atoms with E-state index in [2.05, 4.69) is 37.2 Å². The van der Waals surface area contributed by atoms with Crippen molar-refractivity contribution in [3.8, 4) is 0 Å². The van der Waals surface area contributed by atoms with Crippen LogP contribution in [0, 0.1) is 17.8 Å². The number of hydrogen-bond acceptors (Lipinski definition) is 12. The Morgan fingerprint density at radius 2 is 1.14 bits per heavy atom. The van der Waals surface area contributed by atoms with Crippen LogP contribution in [0.1, 0.15) is 98.5 Å². The van der Waals surface area contributed by atoms with Crippen LogP contribution in [-0.4, -0.2) is 131 Å². The number of nitrogens with two attached hydrogens (primary N) is 2. The molecule has 1 aromatic carbocycles. The van der Waals surface area contributed by atoms with Crippen LogP contribution in [-0.2, 0) is 49.6 Å². The van der Waals surface area contributed by atoms with E-state index in [1.54, 1.807) is 71.9 Å². The molecule has 9 unspecified atom stereocenters. The van der Waals surface area contributed by atoms with Gasteiger partial charge in [0.1, 0.15) is 42.3 Å². The Kier molecular flexibility index (Phi) is 26.1. The average Bonchev–Trinajstić information content (AvgIpc) is 3.25. The summed E-state index contributed by atoms with van der Waals surface area (Å²) in [6.07, 6.45) is 0.795. The van der Waals surface area contributed by atoms with E-state index >= 15 is 0 Å². The molecule has 0 saturated heterocycles. The molecule has 1 aromatic rings. The fourth-order valence-electron chi connectivity index (χ4n) is 6.38. The van der Waals surface area contributed by atoms with Crippen LogP contribution in [0.2, 0.25) is 0 Å². The highest BCUT2D eigenvalue weighted by atomic mass is 16.4. The Hall–Kier alpha value is -5.67. The summed E-state index contributed by atoms with van der Waals surface area (Å²) in [5.74, 6) is -9.13. The van der Waals surface area contributed by atoms with Gasteiger partial charge in [-0.2, -0.15) is 0 Å². The van der Waals surface area contributed by atoms with Gasteiger partial charge in [0.25, 0.3) is 0 Å². The topological polar surface area (TPSA) is 351 Å². The average molecular weight is 906 g/mol. The largest absolute Gasteiger partial charge is 0.481 e. The summed E-state index contributed by atoms with van der Waals surface area (Å²) in [7, 11) is 0. The van der Waals surface area contributed by atoms with Crippen molar-refractivity contribution < 1.29 is 58.5 Å². The van der Waals surface area contributed by atoms with E-state index in [4.69, 9.17) is 11.5 Å². The second-order valence-electron chi connectivity index (χ2n) is 16.4. The molecular formula is C43H71N9O12. The predicted octanol–water partition coefficient (Wildman–Crippen LogP) is -1.21. The first-order valence-electron chi connectivity index (χ1n) is 21.8. The molecule has 0 aromatic heterocycles. The summed E-state index contributed by atoms with van der Waals surface area (Å²) < 4.78 is 0. The van der Waals surface area contributed by atoms with Crippen LogP contribution < -0.4 is 48.7 Å². The number of hydrogen-bond donors (Lipinski definition) is 12. The van der Waals surface area contributed by atoms with Gasteiger partial charge < -0.3 is 64.0 Å². The molecular weight excluding hydrogens is 835 g/mol. The molecule has 0 heterocycles. The van der Waals surface area contributed by atoms with Crippen molar-refractivity contribution in [3.63, 3.8) is 0 Å². The van der Waals surface area contributed by atoms with E-state index in [-0.39, 0.29) is 31.7 Å². The van der Waals surface area contributed by atoms with Crippen molar-refractivity contribution in [2.75, 3.05) is 19.7 Å². The zero-order valence-electron chi connectivity index (χ0n) is 37.8. The van der Waals surface area contributed by atoms with E-state index < -0.39 is 133 Å². The zero-order chi connectivity index (χ0) is 48.5. The van der Waals surface area contributed by atoms with Crippen molar-refractivity contribution in [3.05, 3.63) is 35.9 Å². The monoisotopic (exact) mass is 906 g/mol. The third-order valence-electron chi connectivity index (χ3n) is 10.7. The summed E-state index contributed by atoms with van der Waals surface area (Å²) in [6, 6.07) is -0.477. The number of aliphatic hydroxyl groups is 1. The minimum Gasteiger partial charge on any atom is -0.481 e. The number of nitrogens with one attached hydrogen (secondary N) is 7. The fraction of sp³-hybridized carbons (Fsp3) is 0.651. The van der Waals surface area contributed by atoms with Gasteiger partial charge >= 0.3 is 11.9 Å². The molecule has 21 nitrogen and oxygen atoms in total. The Labute approximate surface area is 374 Å². The number of carboxylic acid groups (broad SMARTS) is 2. The molecule has 14 N–H and O–H groups in total. The van der Waals surface area contributed by atoms with Gasteiger partial charge in [-0.3, -0.25) is 38.4 Å². The minimum absolute atomic E-state index is 0.0523. The molecule has 0 aliphatic carbocycles. The van der Waals surface area contributed by atoms with Gasteiger partial charge in [-0.05, 0) is 62.0 Å². The van der Waals surface area contributed by atoms with Crippen molar-refractivity contribution in [1.82, 2.24) is 37.2 Å². The van der Waals surface area contributed by atoms with E-state index in [9.17, 15) is 58.5 Å². The van der Waals surface area contributed by atoms with Crippen molar-refractivity contribution in [2.24, 2.45) is 29.2 Å². The maximum atomic E-state index is 14.0. The lowest BCUT2D eigenvalue weighted by Crippen LogP contribution is -2.60. The third-order valence-corrected chi connectivity index (χ3v) is 10.7. The van der Waals surface area contributed by atoms with Crippen molar-refractivity contribution in [1.29, 1.82) is 0 Å². The molecule has 21 heteroatoms. The summed E-state index contributed by atoms with van der Waals surface area (Å²) in [5, 5.41) is 46.3. The second-order valence-corrected chi connectivity index (χ2v) is 16.4. The van der Waals surface area contributed by atoms with Gasteiger partial charge in [0.05, 0.1) is 13.2 Å². The minimum atomic E-state index is -1.53. The van der Waals surface area contributed by atoms with Gasteiger partial charge in [0.2, 0.25) is 41.4 Å². The second kappa shape index (κ2) is 29.6. The molecule has 1 rings (SSSR count). The highest BCUT2D eigenvalue weighted by Crippen LogP contribution is 2.14. The standard InChI is InChI=1S/C43H71N9O12/c1-7-25(5)35(52-42(62)36(26(6)8-2)51-37(57)28(45)23-53)41(61)46-22-33(54)47-31(21-27-14-10-9-11-15-27)40(60)49-30(17-18-34(55)56)39(59)48-29(16-12-13-19-44)38(58)50-32(43(63)64)20-24(3)4/h9-11,14-15,24-26,28-32,35-36,53H,7-8,12-13,16-23,44-45H2,1-6H3,(H,46,61)(H,47,54)(H,48,59)(H,49,60)(H,50,58)(H,51,57)(H,52,62)(H,55,56)(H,63,64). The lowest BCUT2D eigenvalue weighted by molar-refractivity contribution is -0.143. The van der Waals surface area contributed by atoms with Crippen LogP contribution in [0.15, 0.2) is 30.3 Å². The molecule has 0 bridgehead atoms. The highest BCUT2D eigenvalue weighted by Gasteiger charge is 2.35. The Bertz CT molecular complexity index is 1700. The molecule has 64 heavy (non-hydrogen) atoms. The lowest BCUT2D eigenvalue weighted by atomic mass is 9.94. The Morgan fingerprint density at radius 1 is 0.625 bits per heavy atom. The number of carbonyl (C=O) groups excluding carboxylic acids is 7. The van der Waals surface area contributed by atoms with Gasteiger partial charge in [-0.25, -0.2) is 4.79 Å². The Balaban J connectivity index is 3.35. The molecule has 9 atom stereocenters. The smallest absolute Gasteiger partial charge is 0.326 e. The van der Waals surface area contributed by atoms with Crippen LogP contribution in [0.3, 0.4) is 0 Å². The molecule has 0 aliphatic rings.